The Morgan fingerprint density at radius 1 is 0.521 bits per heavy atom. The first kappa shape index (κ1) is 28.2. The molecule has 9 rings (SSSR count). The van der Waals surface area contributed by atoms with Gasteiger partial charge in [0.1, 0.15) is 5.75 Å². The van der Waals surface area contributed by atoms with Crippen LogP contribution in [-0.4, -0.2) is 0 Å². The molecular weight excluding hydrogens is 590 g/mol. The van der Waals surface area contributed by atoms with E-state index < -0.39 is 0 Å². The average molecular weight is 624 g/mol. The smallest absolute Gasteiger partial charge is 0.172 e. The molecule has 4 heteroatoms. The topological polar surface area (TPSA) is 30.9 Å². The van der Waals surface area contributed by atoms with E-state index in [-0.39, 0.29) is 5.41 Å². The summed E-state index contributed by atoms with van der Waals surface area (Å²) in [5, 5.41) is 0. The minimum Gasteiger partial charge on any atom is -0.464 e. The Hall–Kier alpha value is -6.00. The first-order valence-corrected chi connectivity index (χ1v) is 16.3. The molecular formula is C44H33NO3. The number of ether oxygens (including phenoxy) is 3. The standard InChI is InChI=1S/C44H33NO3/c1-28-31-22-23-38(32(28)12-10-11-25-46-39-16-7-5-14-35(31)39)45(30-20-24-42-43(27-30)48-41-18-9-8-17-40(41)47-42)29-19-21-34-33-13-4-6-15-36(33)44(2,3)37(34)26-29/h4-27H,1-3H3/b12-10-,25-11+. The van der Waals surface area contributed by atoms with Crippen LogP contribution in [0, 0.1) is 6.92 Å². The van der Waals surface area contributed by atoms with Gasteiger partial charge < -0.3 is 19.1 Å². The zero-order chi connectivity index (χ0) is 32.4. The lowest BCUT2D eigenvalue weighted by Crippen LogP contribution is -2.17. The summed E-state index contributed by atoms with van der Waals surface area (Å²) >= 11 is 0. The van der Waals surface area contributed by atoms with Crippen molar-refractivity contribution in [3.8, 4) is 51.0 Å². The lowest BCUT2D eigenvalue weighted by molar-refractivity contribution is 0.360. The molecule has 0 radical (unpaired) electrons. The van der Waals surface area contributed by atoms with Crippen molar-refractivity contribution in [2.45, 2.75) is 26.2 Å². The Kier molecular flexibility index (Phi) is 6.34. The van der Waals surface area contributed by atoms with Gasteiger partial charge >= 0.3 is 0 Å². The summed E-state index contributed by atoms with van der Waals surface area (Å²) in [6.45, 7) is 6.84. The molecule has 0 saturated heterocycles. The van der Waals surface area contributed by atoms with Crippen molar-refractivity contribution in [2.24, 2.45) is 0 Å². The molecule has 3 aliphatic rings. The van der Waals surface area contributed by atoms with E-state index in [9.17, 15) is 0 Å². The van der Waals surface area contributed by atoms with Crippen molar-refractivity contribution >= 4 is 23.1 Å². The van der Waals surface area contributed by atoms with E-state index >= 15 is 0 Å². The van der Waals surface area contributed by atoms with Gasteiger partial charge in [-0.25, -0.2) is 0 Å². The van der Waals surface area contributed by atoms with Gasteiger partial charge in [-0.2, -0.15) is 0 Å². The normalized spacial score (nSPS) is 15.6. The summed E-state index contributed by atoms with van der Waals surface area (Å²) in [4.78, 5) is 2.35. The summed E-state index contributed by atoms with van der Waals surface area (Å²) in [7, 11) is 0. The number of hydrogen-bond donors (Lipinski definition) is 0. The van der Waals surface area contributed by atoms with Crippen molar-refractivity contribution in [3.05, 3.63) is 162 Å². The second-order valence-corrected chi connectivity index (χ2v) is 13.0. The lowest BCUT2D eigenvalue weighted by Gasteiger charge is -2.31. The molecule has 6 aromatic carbocycles. The van der Waals surface area contributed by atoms with Crippen LogP contribution in [0.3, 0.4) is 0 Å². The molecule has 0 saturated carbocycles. The Morgan fingerprint density at radius 2 is 1.15 bits per heavy atom. The number of anilines is 3. The van der Waals surface area contributed by atoms with E-state index in [1.54, 1.807) is 6.26 Å². The zero-order valence-corrected chi connectivity index (χ0v) is 27.0. The van der Waals surface area contributed by atoms with Crippen LogP contribution in [0.5, 0.6) is 28.7 Å². The van der Waals surface area contributed by atoms with E-state index in [0.29, 0.717) is 23.0 Å². The van der Waals surface area contributed by atoms with Gasteiger partial charge in [-0.1, -0.05) is 92.7 Å². The monoisotopic (exact) mass is 623 g/mol. The van der Waals surface area contributed by atoms with Crippen molar-refractivity contribution < 1.29 is 14.2 Å². The third-order valence-electron chi connectivity index (χ3n) is 9.86. The number of hydrogen-bond acceptors (Lipinski definition) is 4. The summed E-state index contributed by atoms with van der Waals surface area (Å²) in [6, 6.07) is 42.3. The third kappa shape index (κ3) is 4.37. The van der Waals surface area contributed by atoms with Crippen LogP contribution in [0.25, 0.3) is 28.3 Å². The Balaban J connectivity index is 1.26. The maximum atomic E-state index is 6.42. The molecule has 1 aliphatic carbocycles. The van der Waals surface area contributed by atoms with Gasteiger partial charge in [0.2, 0.25) is 0 Å². The van der Waals surface area contributed by atoms with E-state index in [4.69, 9.17) is 14.2 Å². The molecule has 0 unspecified atom stereocenters. The second kappa shape index (κ2) is 10.8. The van der Waals surface area contributed by atoms with Gasteiger partial charge in [0.15, 0.2) is 23.0 Å². The van der Waals surface area contributed by atoms with E-state index in [0.717, 1.165) is 39.5 Å². The van der Waals surface area contributed by atoms with Crippen LogP contribution < -0.4 is 19.1 Å². The Bertz CT molecular complexity index is 2330. The summed E-state index contributed by atoms with van der Waals surface area (Å²) in [6.07, 6.45) is 7.91. The van der Waals surface area contributed by atoms with Crippen LogP contribution in [0.1, 0.15) is 36.1 Å². The van der Waals surface area contributed by atoms with E-state index in [1.165, 1.54) is 27.8 Å². The van der Waals surface area contributed by atoms with Crippen molar-refractivity contribution in [3.63, 3.8) is 0 Å². The highest BCUT2D eigenvalue weighted by Crippen LogP contribution is 2.53. The Morgan fingerprint density at radius 3 is 1.98 bits per heavy atom. The fourth-order valence-electron chi connectivity index (χ4n) is 7.43. The lowest BCUT2D eigenvalue weighted by atomic mass is 9.82. The number of fused-ring (bicyclic) bond motifs is 9. The maximum Gasteiger partial charge on any atom is 0.172 e. The van der Waals surface area contributed by atoms with Crippen molar-refractivity contribution in [1.82, 2.24) is 0 Å². The molecule has 0 atom stereocenters. The van der Waals surface area contributed by atoms with E-state index in [2.05, 4.69) is 111 Å². The van der Waals surface area contributed by atoms with Crippen LogP contribution >= 0.6 is 0 Å². The largest absolute Gasteiger partial charge is 0.464 e. The first-order chi connectivity index (χ1) is 23.5. The minimum absolute atomic E-state index is 0.141. The number of allylic oxidation sites excluding steroid dienone is 2. The van der Waals surface area contributed by atoms with Crippen LogP contribution in [0.4, 0.5) is 17.1 Å². The van der Waals surface area contributed by atoms with Gasteiger partial charge in [-0.05, 0) is 94.9 Å². The molecule has 6 aromatic rings. The van der Waals surface area contributed by atoms with Crippen LogP contribution in [0.15, 0.2) is 140 Å². The molecule has 4 nitrogen and oxygen atoms in total. The van der Waals surface area contributed by atoms with E-state index in [1.807, 2.05) is 54.6 Å². The van der Waals surface area contributed by atoms with Gasteiger partial charge in [-0.3, -0.25) is 0 Å². The SMILES string of the molecule is Cc1c2ccc(N(c3ccc4c(c3)Oc3ccccc3O4)c3ccc4c(c3)C(C)(C)c3ccccc3-4)c1/C=C\C=C\Oc1ccccc1-2. The first-order valence-electron chi connectivity index (χ1n) is 16.3. The number of nitrogens with zero attached hydrogens (tertiary/aromatic N) is 1. The quantitative estimate of drug-likeness (QED) is 0.196. The highest BCUT2D eigenvalue weighted by Gasteiger charge is 2.36. The van der Waals surface area contributed by atoms with Gasteiger partial charge in [0.05, 0.1) is 17.6 Å². The molecule has 2 heterocycles. The number of rotatable bonds is 3. The molecule has 48 heavy (non-hydrogen) atoms. The fraction of sp³-hybridized carbons (Fsp3) is 0.0909. The maximum absolute atomic E-state index is 6.42. The minimum atomic E-state index is -0.141. The van der Waals surface area contributed by atoms with Crippen molar-refractivity contribution in [2.75, 3.05) is 4.90 Å². The van der Waals surface area contributed by atoms with Crippen molar-refractivity contribution in [1.29, 1.82) is 0 Å². The predicted octanol–water partition coefficient (Wildman–Crippen LogP) is 12.3. The molecule has 0 amide bonds. The molecule has 0 aromatic heterocycles. The number of benzene rings is 6. The second-order valence-electron chi connectivity index (χ2n) is 13.0. The predicted molar refractivity (Wildman–Crippen MR) is 194 cm³/mol. The van der Waals surface area contributed by atoms with Gasteiger partial charge in [0.25, 0.3) is 0 Å². The molecule has 2 bridgehead atoms. The van der Waals surface area contributed by atoms with Gasteiger partial charge in [0, 0.05) is 28.3 Å². The Labute approximate surface area is 280 Å². The third-order valence-corrected chi connectivity index (χ3v) is 9.86. The fourth-order valence-corrected chi connectivity index (χ4v) is 7.43. The molecule has 232 valence electrons. The molecule has 0 N–H and O–H groups in total. The van der Waals surface area contributed by atoms with Gasteiger partial charge in [-0.15, -0.1) is 0 Å². The highest BCUT2D eigenvalue weighted by atomic mass is 16.6. The summed E-state index contributed by atoms with van der Waals surface area (Å²) < 4.78 is 18.7. The zero-order valence-electron chi connectivity index (χ0n) is 27.0. The number of para-hydroxylation sites is 3. The highest BCUT2D eigenvalue weighted by molar-refractivity contribution is 5.91. The summed E-state index contributed by atoms with van der Waals surface area (Å²) in [5.41, 5.74) is 12.7. The average Bonchev–Trinajstić information content (AvgIpc) is 3.34. The molecule has 0 fully saturated rings. The molecule has 0 spiro atoms. The van der Waals surface area contributed by atoms with Crippen LogP contribution in [-0.2, 0) is 5.41 Å². The summed E-state index contributed by atoms with van der Waals surface area (Å²) in [5.74, 6) is 3.62. The molecule has 2 aliphatic heterocycles. The van der Waals surface area contributed by atoms with Crippen LogP contribution in [0.2, 0.25) is 0 Å².